The number of hydrogen-bond donors (Lipinski definition) is 1. The van der Waals surface area contributed by atoms with E-state index in [9.17, 15) is 9.59 Å². The second-order valence-corrected chi connectivity index (χ2v) is 6.11. The molecule has 1 aliphatic carbocycles. The molecule has 0 radical (unpaired) electrons. The maximum Gasteiger partial charge on any atom is 0.267 e. The molecule has 0 unspecified atom stereocenters. The van der Waals surface area contributed by atoms with Gasteiger partial charge in [-0.1, -0.05) is 30.3 Å². The van der Waals surface area contributed by atoms with E-state index in [0.717, 1.165) is 12.8 Å². The predicted molar refractivity (Wildman–Crippen MR) is 85.1 cm³/mol. The molecule has 0 saturated heterocycles. The number of aryl methyl sites for hydroxylation is 1. The molecule has 1 amide bonds. The molecular weight excluding hydrogens is 276 g/mol. The highest BCUT2D eigenvalue weighted by Gasteiger charge is 2.44. The molecule has 22 heavy (non-hydrogen) atoms. The van der Waals surface area contributed by atoms with Crippen LogP contribution in [-0.2, 0) is 12.5 Å². The molecule has 1 fully saturated rings. The molecule has 4 heteroatoms. The minimum Gasteiger partial charge on any atom is -0.350 e. The van der Waals surface area contributed by atoms with Crippen molar-refractivity contribution in [2.24, 2.45) is 7.05 Å². The molecule has 1 saturated carbocycles. The third-order valence-corrected chi connectivity index (χ3v) is 4.47. The summed E-state index contributed by atoms with van der Waals surface area (Å²) in [4.78, 5) is 23.8. The van der Waals surface area contributed by atoms with Gasteiger partial charge in [-0.15, -0.1) is 0 Å². The highest BCUT2D eigenvalue weighted by molar-refractivity contribution is 5.99. The van der Waals surface area contributed by atoms with Gasteiger partial charge in [0.2, 0.25) is 0 Å². The van der Waals surface area contributed by atoms with Gasteiger partial charge >= 0.3 is 0 Å². The zero-order valence-electron chi connectivity index (χ0n) is 12.9. The van der Waals surface area contributed by atoms with Crippen LogP contribution < -0.4 is 5.32 Å². The number of carbonyl (C=O) groups excluding carboxylic acids is 2. The second-order valence-electron chi connectivity index (χ2n) is 6.11. The molecule has 2 aromatic rings. The average molecular weight is 296 g/mol. The van der Waals surface area contributed by atoms with Crippen LogP contribution in [0.5, 0.6) is 0 Å². The van der Waals surface area contributed by atoms with Crippen molar-refractivity contribution in [3.63, 3.8) is 0 Å². The quantitative estimate of drug-likeness (QED) is 0.862. The van der Waals surface area contributed by atoms with Gasteiger partial charge in [0.1, 0.15) is 5.69 Å². The van der Waals surface area contributed by atoms with Crippen LogP contribution in [0.3, 0.4) is 0 Å². The van der Waals surface area contributed by atoms with E-state index in [1.165, 1.54) is 12.5 Å². The molecule has 1 heterocycles. The molecule has 1 aromatic heterocycles. The minimum absolute atomic E-state index is 0.0300. The van der Waals surface area contributed by atoms with Crippen molar-refractivity contribution in [2.75, 3.05) is 6.54 Å². The summed E-state index contributed by atoms with van der Waals surface area (Å²) >= 11 is 0. The normalized spacial score (nSPS) is 15.4. The Labute approximate surface area is 130 Å². The number of Topliss-reactive ketones (excluding diaryl/α,β-unsaturated/α-hetero) is 1. The van der Waals surface area contributed by atoms with E-state index < -0.39 is 0 Å². The van der Waals surface area contributed by atoms with Crippen LogP contribution in [0.1, 0.15) is 46.2 Å². The van der Waals surface area contributed by atoms with Gasteiger partial charge in [0.15, 0.2) is 5.78 Å². The third kappa shape index (κ3) is 2.69. The summed E-state index contributed by atoms with van der Waals surface area (Å²) in [5.41, 5.74) is 2.46. The fourth-order valence-corrected chi connectivity index (χ4v) is 2.83. The second kappa shape index (κ2) is 5.44. The van der Waals surface area contributed by atoms with E-state index in [1.807, 2.05) is 18.2 Å². The van der Waals surface area contributed by atoms with Crippen LogP contribution >= 0.6 is 0 Å². The molecule has 4 nitrogen and oxygen atoms in total. The van der Waals surface area contributed by atoms with Crippen molar-refractivity contribution in [1.82, 2.24) is 9.88 Å². The zero-order chi connectivity index (χ0) is 15.7. The summed E-state index contributed by atoms with van der Waals surface area (Å²) in [5, 5.41) is 3.02. The lowest BCUT2D eigenvalue weighted by molar-refractivity contribution is 0.0941. The van der Waals surface area contributed by atoms with Crippen molar-refractivity contribution in [3.05, 3.63) is 59.4 Å². The molecule has 0 spiro atoms. The molecule has 1 aliphatic rings. The first-order valence-electron chi connectivity index (χ1n) is 7.53. The van der Waals surface area contributed by atoms with Gasteiger partial charge in [-0.2, -0.15) is 0 Å². The van der Waals surface area contributed by atoms with Crippen LogP contribution in [0.2, 0.25) is 0 Å². The summed E-state index contributed by atoms with van der Waals surface area (Å²) < 4.78 is 1.70. The number of amides is 1. The highest BCUT2D eigenvalue weighted by Crippen LogP contribution is 2.47. The largest absolute Gasteiger partial charge is 0.350 e. The maximum atomic E-state index is 12.4. The Hall–Kier alpha value is -2.36. The van der Waals surface area contributed by atoms with Gasteiger partial charge in [-0.25, -0.2) is 0 Å². The van der Waals surface area contributed by atoms with Crippen molar-refractivity contribution in [2.45, 2.75) is 25.2 Å². The number of rotatable bonds is 5. The Morgan fingerprint density at radius 3 is 2.45 bits per heavy atom. The fraction of sp³-hybridized carbons (Fsp3) is 0.333. The standard InChI is InChI=1S/C18H20N2O2/c1-13(21)14-10-16(20(2)11-14)17(22)19-12-18(8-9-18)15-6-4-3-5-7-15/h3-7,10-11H,8-9,12H2,1-2H3,(H,19,22). The SMILES string of the molecule is CC(=O)c1cc(C(=O)NCC2(c3ccccc3)CC2)n(C)c1. The van der Waals surface area contributed by atoms with Crippen LogP contribution in [-0.4, -0.2) is 22.8 Å². The lowest BCUT2D eigenvalue weighted by atomic mass is 9.96. The zero-order valence-corrected chi connectivity index (χ0v) is 12.9. The monoisotopic (exact) mass is 296 g/mol. The lowest BCUT2D eigenvalue weighted by Gasteiger charge is -2.16. The van der Waals surface area contributed by atoms with Gasteiger partial charge < -0.3 is 9.88 Å². The van der Waals surface area contributed by atoms with Crippen molar-refractivity contribution >= 4 is 11.7 Å². The Balaban J connectivity index is 1.70. The summed E-state index contributed by atoms with van der Waals surface area (Å²) in [6.07, 6.45) is 3.90. The Morgan fingerprint density at radius 1 is 1.23 bits per heavy atom. The van der Waals surface area contributed by atoms with E-state index in [2.05, 4.69) is 17.4 Å². The molecule has 3 rings (SSSR count). The summed E-state index contributed by atoms with van der Waals surface area (Å²) in [6, 6.07) is 12.0. The molecule has 1 N–H and O–H groups in total. The van der Waals surface area contributed by atoms with Crippen molar-refractivity contribution < 1.29 is 9.59 Å². The third-order valence-electron chi connectivity index (χ3n) is 4.47. The highest BCUT2D eigenvalue weighted by atomic mass is 16.2. The number of hydrogen-bond acceptors (Lipinski definition) is 2. The Bertz CT molecular complexity index is 712. The van der Waals surface area contributed by atoms with E-state index >= 15 is 0 Å². The van der Waals surface area contributed by atoms with Gasteiger partial charge in [0, 0.05) is 30.8 Å². The van der Waals surface area contributed by atoms with Crippen molar-refractivity contribution in [3.8, 4) is 0 Å². The van der Waals surface area contributed by atoms with E-state index in [0.29, 0.717) is 17.8 Å². The number of aromatic nitrogens is 1. The summed E-state index contributed by atoms with van der Waals surface area (Å²) in [6.45, 7) is 2.14. The fourth-order valence-electron chi connectivity index (χ4n) is 2.83. The van der Waals surface area contributed by atoms with E-state index in [1.54, 1.807) is 23.9 Å². The number of carbonyl (C=O) groups is 2. The van der Waals surface area contributed by atoms with Gasteiger partial charge in [0.25, 0.3) is 5.91 Å². The van der Waals surface area contributed by atoms with Gasteiger partial charge in [-0.05, 0) is 31.4 Å². The molecule has 114 valence electrons. The number of nitrogens with one attached hydrogen (secondary N) is 1. The van der Waals surface area contributed by atoms with Gasteiger partial charge in [-0.3, -0.25) is 9.59 Å². The van der Waals surface area contributed by atoms with Crippen LogP contribution in [0.15, 0.2) is 42.6 Å². The first-order valence-corrected chi connectivity index (χ1v) is 7.53. The first kappa shape index (κ1) is 14.6. The predicted octanol–water partition coefficient (Wildman–Crippen LogP) is 2.69. The summed E-state index contributed by atoms with van der Waals surface area (Å²) in [7, 11) is 1.78. The first-order chi connectivity index (χ1) is 10.5. The topological polar surface area (TPSA) is 51.1 Å². The molecule has 0 aliphatic heterocycles. The number of benzene rings is 1. The minimum atomic E-state index is -0.128. The Kier molecular flexibility index (Phi) is 3.61. The molecule has 0 atom stereocenters. The Morgan fingerprint density at radius 2 is 1.91 bits per heavy atom. The number of nitrogens with zero attached hydrogens (tertiary/aromatic N) is 1. The smallest absolute Gasteiger partial charge is 0.267 e. The van der Waals surface area contributed by atoms with Crippen LogP contribution in [0.4, 0.5) is 0 Å². The van der Waals surface area contributed by atoms with Crippen molar-refractivity contribution in [1.29, 1.82) is 0 Å². The van der Waals surface area contributed by atoms with Crippen LogP contribution in [0.25, 0.3) is 0 Å². The summed E-state index contributed by atoms with van der Waals surface area (Å²) in [5.74, 6) is -0.158. The number of ketones is 1. The maximum absolute atomic E-state index is 12.4. The van der Waals surface area contributed by atoms with E-state index in [-0.39, 0.29) is 17.1 Å². The van der Waals surface area contributed by atoms with Crippen LogP contribution in [0, 0.1) is 0 Å². The van der Waals surface area contributed by atoms with Gasteiger partial charge in [0.05, 0.1) is 0 Å². The van der Waals surface area contributed by atoms with E-state index in [4.69, 9.17) is 0 Å². The molecular formula is C18H20N2O2. The lowest BCUT2D eigenvalue weighted by Crippen LogP contribution is -2.33. The average Bonchev–Trinajstić information content (AvgIpc) is 3.21. The molecule has 1 aromatic carbocycles. The molecule has 0 bridgehead atoms.